The third kappa shape index (κ3) is 4.59. The van der Waals surface area contributed by atoms with Crippen molar-refractivity contribution in [2.75, 3.05) is 6.61 Å². The number of ether oxygens (including phenoxy) is 2. The molecule has 0 N–H and O–H groups in total. The second kappa shape index (κ2) is 6.75. The second-order valence-electron chi connectivity index (χ2n) is 5.97. The van der Waals surface area contributed by atoms with Crippen molar-refractivity contribution >= 4 is 0 Å². The van der Waals surface area contributed by atoms with Crippen molar-refractivity contribution in [2.45, 2.75) is 79.1 Å². The summed E-state index contributed by atoms with van der Waals surface area (Å²) < 4.78 is 11.3. The van der Waals surface area contributed by atoms with Crippen LogP contribution in [0.25, 0.3) is 0 Å². The first-order valence-corrected chi connectivity index (χ1v) is 7.26. The molecule has 1 aliphatic rings. The van der Waals surface area contributed by atoms with Crippen LogP contribution in [0.4, 0.5) is 0 Å². The molecule has 0 aromatic carbocycles. The fourth-order valence-electron chi connectivity index (χ4n) is 2.81. The third-order valence-electron chi connectivity index (χ3n) is 4.48. The van der Waals surface area contributed by atoms with Crippen LogP contribution in [0.2, 0.25) is 0 Å². The standard InChI is InChI=1S/C15H30O2/c1-6-15(4,5)13-8-10-14(11-9-13)17-12(3)16-7-2/h12-14H,6-11H2,1-5H3. The van der Waals surface area contributed by atoms with Crippen molar-refractivity contribution in [2.24, 2.45) is 11.3 Å². The molecule has 0 spiro atoms. The van der Waals surface area contributed by atoms with Gasteiger partial charge in [-0.25, -0.2) is 0 Å². The Morgan fingerprint density at radius 2 is 1.71 bits per heavy atom. The highest BCUT2D eigenvalue weighted by molar-refractivity contribution is 4.82. The van der Waals surface area contributed by atoms with Crippen LogP contribution >= 0.6 is 0 Å². The molecule has 0 radical (unpaired) electrons. The summed E-state index contributed by atoms with van der Waals surface area (Å²) in [6.45, 7) is 11.9. The minimum atomic E-state index is -0.0410. The van der Waals surface area contributed by atoms with Crippen LogP contribution in [0.15, 0.2) is 0 Å². The minimum absolute atomic E-state index is 0.0410. The molecule has 0 bridgehead atoms. The van der Waals surface area contributed by atoms with Gasteiger partial charge in [0, 0.05) is 6.61 Å². The van der Waals surface area contributed by atoms with E-state index in [-0.39, 0.29) is 6.29 Å². The van der Waals surface area contributed by atoms with Crippen LogP contribution in [-0.4, -0.2) is 19.0 Å². The predicted molar refractivity (Wildman–Crippen MR) is 72.0 cm³/mol. The van der Waals surface area contributed by atoms with Gasteiger partial charge >= 0.3 is 0 Å². The Morgan fingerprint density at radius 1 is 1.12 bits per heavy atom. The summed E-state index contributed by atoms with van der Waals surface area (Å²) in [4.78, 5) is 0. The lowest BCUT2D eigenvalue weighted by Crippen LogP contribution is -2.32. The molecule has 1 fully saturated rings. The molecule has 0 amide bonds. The van der Waals surface area contributed by atoms with E-state index in [0.717, 1.165) is 12.5 Å². The van der Waals surface area contributed by atoms with Gasteiger partial charge in [0.05, 0.1) is 6.10 Å². The molecule has 1 atom stereocenters. The van der Waals surface area contributed by atoms with Crippen molar-refractivity contribution in [3.63, 3.8) is 0 Å². The summed E-state index contributed by atoms with van der Waals surface area (Å²) >= 11 is 0. The van der Waals surface area contributed by atoms with Crippen LogP contribution in [0.1, 0.15) is 66.7 Å². The van der Waals surface area contributed by atoms with Gasteiger partial charge in [0.1, 0.15) is 0 Å². The SMILES string of the molecule is CCOC(C)OC1CCC(C(C)(C)CC)CC1. The predicted octanol–water partition coefficient (Wildman–Crippen LogP) is 4.38. The average Bonchev–Trinajstić information content (AvgIpc) is 2.30. The van der Waals surface area contributed by atoms with Crippen LogP contribution < -0.4 is 0 Å². The third-order valence-corrected chi connectivity index (χ3v) is 4.48. The molecule has 2 heteroatoms. The van der Waals surface area contributed by atoms with Crippen molar-refractivity contribution < 1.29 is 9.47 Å². The van der Waals surface area contributed by atoms with Crippen LogP contribution in [-0.2, 0) is 9.47 Å². The number of hydrogen-bond acceptors (Lipinski definition) is 2. The largest absolute Gasteiger partial charge is 0.353 e. The van der Waals surface area contributed by atoms with Gasteiger partial charge in [-0.15, -0.1) is 0 Å². The topological polar surface area (TPSA) is 18.5 Å². The zero-order chi connectivity index (χ0) is 12.9. The molecule has 1 rings (SSSR count). The monoisotopic (exact) mass is 242 g/mol. The van der Waals surface area contributed by atoms with Crippen molar-refractivity contribution in [3.05, 3.63) is 0 Å². The van der Waals surface area contributed by atoms with Gasteiger partial charge < -0.3 is 9.47 Å². The normalized spacial score (nSPS) is 28.1. The Labute approximate surface area is 107 Å². The fraction of sp³-hybridized carbons (Fsp3) is 1.00. The zero-order valence-electron chi connectivity index (χ0n) is 12.3. The van der Waals surface area contributed by atoms with Gasteiger partial charge in [0.15, 0.2) is 6.29 Å². The van der Waals surface area contributed by atoms with Gasteiger partial charge in [0.25, 0.3) is 0 Å². The molecular weight excluding hydrogens is 212 g/mol. The number of rotatable bonds is 6. The molecule has 0 saturated heterocycles. The molecular formula is C15H30O2. The summed E-state index contributed by atoms with van der Waals surface area (Å²) in [5.41, 5.74) is 0.497. The highest BCUT2D eigenvalue weighted by Crippen LogP contribution is 2.41. The Hall–Kier alpha value is -0.0800. The quantitative estimate of drug-likeness (QED) is 0.643. The summed E-state index contributed by atoms with van der Waals surface area (Å²) in [5.74, 6) is 0.870. The fourth-order valence-corrected chi connectivity index (χ4v) is 2.81. The molecule has 1 saturated carbocycles. The van der Waals surface area contributed by atoms with Crippen LogP contribution in [0.3, 0.4) is 0 Å². The summed E-state index contributed by atoms with van der Waals surface area (Å²) in [7, 11) is 0. The maximum atomic E-state index is 5.90. The lowest BCUT2D eigenvalue weighted by atomic mass is 9.69. The highest BCUT2D eigenvalue weighted by Gasteiger charge is 2.32. The van der Waals surface area contributed by atoms with E-state index < -0.39 is 0 Å². The Balaban J connectivity index is 2.31. The Bertz CT molecular complexity index is 205. The summed E-state index contributed by atoms with van der Waals surface area (Å²) in [5, 5.41) is 0. The molecule has 0 heterocycles. The first-order chi connectivity index (χ1) is 7.99. The smallest absolute Gasteiger partial charge is 0.155 e. The first-order valence-electron chi connectivity index (χ1n) is 7.26. The molecule has 1 aliphatic carbocycles. The van der Waals surface area contributed by atoms with E-state index in [2.05, 4.69) is 20.8 Å². The van der Waals surface area contributed by atoms with Gasteiger partial charge in [-0.1, -0.05) is 27.2 Å². The van der Waals surface area contributed by atoms with Crippen LogP contribution in [0.5, 0.6) is 0 Å². The van der Waals surface area contributed by atoms with E-state index >= 15 is 0 Å². The average molecular weight is 242 g/mol. The van der Waals surface area contributed by atoms with Gasteiger partial charge in [-0.2, -0.15) is 0 Å². The molecule has 0 aromatic rings. The van der Waals surface area contributed by atoms with Crippen molar-refractivity contribution in [3.8, 4) is 0 Å². The van der Waals surface area contributed by atoms with E-state index in [9.17, 15) is 0 Å². The Morgan fingerprint density at radius 3 is 2.18 bits per heavy atom. The van der Waals surface area contributed by atoms with Gasteiger partial charge in [-0.3, -0.25) is 0 Å². The van der Waals surface area contributed by atoms with Crippen LogP contribution in [0, 0.1) is 11.3 Å². The number of hydrogen-bond donors (Lipinski definition) is 0. The molecule has 0 aromatic heterocycles. The molecule has 1 unspecified atom stereocenters. The maximum Gasteiger partial charge on any atom is 0.155 e. The van der Waals surface area contributed by atoms with Gasteiger partial charge in [-0.05, 0) is 50.9 Å². The lowest BCUT2D eigenvalue weighted by molar-refractivity contribution is -0.167. The summed E-state index contributed by atoms with van der Waals surface area (Å²) in [6, 6.07) is 0. The molecule has 2 nitrogen and oxygen atoms in total. The Kier molecular flexibility index (Phi) is 5.94. The maximum absolute atomic E-state index is 5.90. The zero-order valence-corrected chi connectivity index (χ0v) is 12.3. The minimum Gasteiger partial charge on any atom is -0.353 e. The van der Waals surface area contributed by atoms with E-state index in [1.807, 2.05) is 13.8 Å². The molecule has 102 valence electrons. The van der Waals surface area contributed by atoms with Crippen molar-refractivity contribution in [1.29, 1.82) is 0 Å². The lowest BCUT2D eigenvalue weighted by Gasteiger charge is -2.39. The first kappa shape index (κ1) is 15.0. The molecule has 17 heavy (non-hydrogen) atoms. The summed E-state index contributed by atoms with van der Waals surface area (Å²) in [6.07, 6.45) is 6.67. The highest BCUT2D eigenvalue weighted by atomic mass is 16.7. The van der Waals surface area contributed by atoms with E-state index in [1.54, 1.807) is 0 Å². The van der Waals surface area contributed by atoms with Crippen molar-refractivity contribution in [1.82, 2.24) is 0 Å². The van der Waals surface area contributed by atoms with E-state index in [0.29, 0.717) is 11.5 Å². The van der Waals surface area contributed by atoms with E-state index in [4.69, 9.17) is 9.47 Å². The molecule has 0 aliphatic heterocycles. The van der Waals surface area contributed by atoms with E-state index in [1.165, 1.54) is 32.1 Å². The second-order valence-corrected chi connectivity index (χ2v) is 5.97. The van der Waals surface area contributed by atoms with Gasteiger partial charge in [0.2, 0.25) is 0 Å².